The standard InChI is InChI=1S/C9H15N3O/c1-3-4-9(11-8(2)13)12-6-5-10-7-12/h5-7,9H,3-4H2,1-2H3,(H,11,13). The Balaban J connectivity index is 2.62. The van der Waals surface area contributed by atoms with Gasteiger partial charge in [-0.05, 0) is 6.42 Å². The van der Waals surface area contributed by atoms with Crippen LogP contribution in [-0.4, -0.2) is 15.5 Å². The number of hydrogen-bond donors (Lipinski definition) is 1. The molecule has 0 aromatic carbocycles. The molecule has 0 aliphatic rings. The number of carbonyl (C=O) groups excluding carboxylic acids is 1. The summed E-state index contributed by atoms with van der Waals surface area (Å²) in [5, 5.41) is 2.87. The Labute approximate surface area is 78.0 Å². The minimum Gasteiger partial charge on any atom is -0.336 e. The molecule has 0 saturated carbocycles. The van der Waals surface area contributed by atoms with Crippen molar-refractivity contribution >= 4 is 5.91 Å². The number of nitrogens with one attached hydrogen (secondary N) is 1. The molecule has 0 bridgehead atoms. The quantitative estimate of drug-likeness (QED) is 0.761. The van der Waals surface area contributed by atoms with Crippen molar-refractivity contribution in [2.24, 2.45) is 0 Å². The Morgan fingerprint density at radius 1 is 1.69 bits per heavy atom. The SMILES string of the molecule is CCCC(NC(C)=O)n1ccnc1. The van der Waals surface area contributed by atoms with Crippen molar-refractivity contribution in [2.75, 3.05) is 0 Å². The van der Waals surface area contributed by atoms with E-state index < -0.39 is 0 Å². The largest absolute Gasteiger partial charge is 0.336 e. The van der Waals surface area contributed by atoms with Crippen molar-refractivity contribution < 1.29 is 4.79 Å². The van der Waals surface area contributed by atoms with Gasteiger partial charge in [-0.2, -0.15) is 0 Å². The third kappa shape index (κ3) is 2.89. The summed E-state index contributed by atoms with van der Waals surface area (Å²) < 4.78 is 1.91. The molecule has 1 aromatic rings. The van der Waals surface area contributed by atoms with Crippen LogP contribution in [0.4, 0.5) is 0 Å². The van der Waals surface area contributed by atoms with Gasteiger partial charge in [0.25, 0.3) is 0 Å². The van der Waals surface area contributed by atoms with Gasteiger partial charge in [0.15, 0.2) is 0 Å². The van der Waals surface area contributed by atoms with Crippen LogP contribution in [0.15, 0.2) is 18.7 Å². The second kappa shape index (κ2) is 4.64. The summed E-state index contributed by atoms with van der Waals surface area (Å²) in [6.07, 6.45) is 7.29. The van der Waals surface area contributed by atoms with Crippen molar-refractivity contribution in [1.29, 1.82) is 0 Å². The first-order valence-electron chi connectivity index (χ1n) is 4.48. The van der Waals surface area contributed by atoms with Crippen LogP contribution in [0.5, 0.6) is 0 Å². The first-order valence-corrected chi connectivity index (χ1v) is 4.48. The maximum absolute atomic E-state index is 10.9. The van der Waals surface area contributed by atoms with E-state index in [1.807, 2.05) is 10.8 Å². The molecule has 1 aromatic heterocycles. The zero-order chi connectivity index (χ0) is 9.68. The molecule has 0 spiro atoms. The highest BCUT2D eigenvalue weighted by Crippen LogP contribution is 2.08. The lowest BCUT2D eigenvalue weighted by atomic mass is 10.2. The summed E-state index contributed by atoms with van der Waals surface area (Å²) in [6.45, 7) is 3.62. The summed E-state index contributed by atoms with van der Waals surface area (Å²) in [7, 11) is 0. The molecule has 13 heavy (non-hydrogen) atoms. The molecule has 1 atom stereocenters. The van der Waals surface area contributed by atoms with Gasteiger partial charge >= 0.3 is 0 Å². The van der Waals surface area contributed by atoms with Crippen LogP contribution in [0.25, 0.3) is 0 Å². The lowest BCUT2D eigenvalue weighted by molar-refractivity contribution is -0.120. The molecule has 4 nitrogen and oxygen atoms in total. The highest BCUT2D eigenvalue weighted by molar-refractivity contribution is 5.72. The van der Waals surface area contributed by atoms with Gasteiger partial charge in [0, 0.05) is 19.3 Å². The van der Waals surface area contributed by atoms with Crippen molar-refractivity contribution in [3.05, 3.63) is 18.7 Å². The Kier molecular flexibility index (Phi) is 3.49. The van der Waals surface area contributed by atoms with Crippen LogP contribution in [0.2, 0.25) is 0 Å². The number of hydrogen-bond acceptors (Lipinski definition) is 2. The zero-order valence-electron chi connectivity index (χ0n) is 8.03. The van der Waals surface area contributed by atoms with E-state index in [0.717, 1.165) is 12.8 Å². The van der Waals surface area contributed by atoms with E-state index in [-0.39, 0.29) is 12.1 Å². The van der Waals surface area contributed by atoms with Crippen LogP contribution in [-0.2, 0) is 4.79 Å². The highest BCUT2D eigenvalue weighted by atomic mass is 16.1. The smallest absolute Gasteiger partial charge is 0.218 e. The van der Waals surface area contributed by atoms with Gasteiger partial charge in [0.2, 0.25) is 5.91 Å². The average molecular weight is 181 g/mol. The second-order valence-electron chi connectivity index (χ2n) is 3.01. The molecule has 1 amide bonds. The fourth-order valence-corrected chi connectivity index (χ4v) is 1.26. The van der Waals surface area contributed by atoms with Crippen LogP contribution >= 0.6 is 0 Å². The van der Waals surface area contributed by atoms with Gasteiger partial charge in [-0.25, -0.2) is 4.98 Å². The molecule has 0 aliphatic heterocycles. The molecule has 4 heteroatoms. The zero-order valence-corrected chi connectivity index (χ0v) is 8.03. The van der Waals surface area contributed by atoms with Crippen LogP contribution in [0.3, 0.4) is 0 Å². The highest BCUT2D eigenvalue weighted by Gasteiger charge is 2.08. The van der Waals surface area contributed by atoms with Crippen LogP contribution < -0.4 is 5.32 Å². The molecule has 0 saturated heterocycles. The molecule has 0 aliphatic carbocycles. The lowest BCUT2D eigenvalue weighted by Gasteiger charge is -2.18. The summed E-state index contributed by atoms with van der Waals surface area (Å²) in [6, 6.07) is 0. The Bertz CT molecular complexity index is 256. The summed E-state index contributed by atoms with van der Waals surface area (Å²) >= 11 is 0. The number of nitrogens with zero attached hydrogens (tertiary/aromatic N) is 2. The predicted molar refractivity (Wildman–Crippen MR) is 50.0 cm³/mol. The Morgan fingerprint density at radius 3 is 2.92 bits per heavy atom. The van der Waals surface area contributed by atoms with Gasteiger partial charge in [0.05, 0.1) is 6.33 Å². The van der Waals surface area contributed by atoms with Gasteiger partial charge < -0.3 is 9.88 Å². The number of aromatic nitrogens is 2. The third-order valence-corrected chi connectivity index (χ3v) is 1.82. The van der Waals surface area contributed by atoms with E-state index in [0.29, 0.717) is 0 Å². The first-order chi connectivity index (χ1) is 6.24. The number of carbonyl (C=O) groups is 1. The Morgan fingerprint density at radius 2 is 2.46 bits per heavy atom. The molecule has 72 valence electrons. The lowest BCUT2D eigenvalue weighted by Crippen LogP contribution is -2.29. The van der Waals surface area contributed by atoms with E-state index in [9.17, 15) is 4.79 Å². The normalized spacial score (nSPS) is 12.5. The molecule has 1 rings (SSSR count). The van der Waals surface area contributed by atoms with E-state index >= 15 is 0 Å². The maximum Gasteiger partial charge on any atom is 0.218 e. The summed E-state index contributed by atoms with van der Waals surface area (Å²) in [4.78, 5) is 14.8. The molecular formula is C9H15N3O. The van der Waals surface area contributed by atoms with Crippen molar-refractivity contribution in [3.63, 3.8) is 0 Å². The van der Waals surface area contributed by atoms with Gasteiger partial charge in [-0.1, -0.05) is 13.3 Å². The molecule has 0 fully saturated rings. The average Bonchev–Trinajstić information content (AvgIpc) is 2.54. The Hall–Kier alpha value is -1.32. The van der Waals surface area contributed by atoms with E-state index in [2.05, 4.69) is 17.2 Å². The van der Waals surface area contributed by atoms with Crippen molar-refractivity contribution in [3.8, 4) is 0 Å². The minimum atomic E-state index is -0.00727. The van der Waals surface area contributed by atoms with E-state index in [1.165, 1.54) is 6.92 Å². The van der Waals surface area contributed by atoms with Crippen molar-refractivity contribution in [2.45, 2.75) is 32.9 Å². The topological polar surface area (TPSA) is 46.9 Å². The number of rotatable bonds is 4. The third-order valence-electron chi connectivity index (χ3n) is 1.82. The van der Waals surface area contributed by atoms with Crippen LogP contribution in [0, 0.1) is 0 Å². The first kappa shape index (κ1) is 9.77. The predicted octanol–water partition coefficient (Wildman–Crippen LogP) is 1.32. The summed E-state index contributed by atoms with van der Waals surface area (Å²) in [5.74, 6) is -0.00727. The molecule has 1 heterocycles. The van der Waals surface area contributed by atoms with E-state index in [1.54, 1.807) is 12.5 Å². The fourth-order valence-electron chi connectivity index (χ4n) is 1.26. The van der Waals surface area contributed by atoms with Gasteiger partial charge in [0.1, 0.15) is 6.17 Å². The van der Waals surface area contributed by atoms with Gasteiger partial charge in [-0.3, -0.25) is 4.79 Å². The second-order valence-corrected chi connectivity index (χ2v) is 3.01. The molecule has 1 N–H and O–H groups in total. The monoisotopic (exact) mass is 181 g/mol. The summed E-state index contributed by atoms with van der Waals surface area (Å²) in [5.41, 5.74) is 0. The maximum atomic E-state index is 10.9. The molecular weight excluding hydrogens is 166 g/mol. The minimum absolute atomic E-state index is 0.00727. The number of imidazole rings is 1. The van der Waals surface area contributed by atoms with Crippen LogP contribution in [0.1, 0.15) is 32.9 Å². The van der Waals surface area contributed by atoms with Crippen molar-refractivity contribution in [1.82, 2.24) is 14.9 Å². The fraction of sp³-hybridized carbons (Fsp3) is 0.556. The number of amides is 1. The molecule has 0 radical (unpaired) electrons. The van der Waals surface area contributed by atoms with E-state index in [4.69, 9.17) is 0 Å². The van der Waals surface area contributed by atoms with Gasteiger partial charge in [-0.15, -0.1) is 0 Å². The molecule has 1 unspecified atom stereocenters.